The number of rotatable bonds is 9. The van der Waals surface area contributed by atoms with Gasteiger partial charge in [0.05, 0.1) is 0 Å². The zero-order chi connectivity index (χ0) is 12.2. The molecule has 2 nitrogen and oxygen atoms in total. The molecule has 94 valence electrons. The molecular weight excluding hydrogens is 200 g/mol. The molecule has 0 aromatic carbocycles. The molecule has 0 bridgehead atoms. The molecule has 0 unspecified atom stereocenters. The van der Waals surface area contributed by atoms with E-state index in [4.69, 9.17) is 4.74 Å². The van der Waals surface area contributed by atoms with E-state index in [0.717, 1.165) is 19.3 Å². The van der Waals surface area contributed by atoms with E-state index in [9.17, 15) is 4.79 Å². The van der Waals surface area contributed by atoms with E-state index >= 15 is 0 Å². The highest BCUT2D eigenvalue weighted by molar-refractivity contribution is 5.66. The quantitative estimate of drug-likeness (QED) is 0.334. The highest BCUT2D eigenvalue weighted by Crippen LogP contribution is 2.10. The highest BCUT2D eigenvalue weighted by atomic mass is 16.5. The molecule has 0 aromatic heterocycles. The molecule has 0 atom stereocenters. The van der Waals surface area contributed by atoms with E-state index in [1.807, 2.05) is 0 Å². The number of esters is 1. The van der Waals surface area contributed by atoms with Crippen molar-refractivity contribution in [3.63, 3.8) is 0 Å². The summed E-state index contributed by atoms with van der Waals surface area (Å²) in [5, 5.41) is 0. The van der Waals surface area contributed by atoms with Crippen LogP contribution in [0.15, 0.2) is 11.6 Å². The Labute approximate surface area is 100 Å². The molecule has 0 rings (SSSR count). The number of ether oxygens (including phenoxy) is 1. The maximum atomic E-state index is 10.7. The van der Waals surface area contributed by atoms with Crippen LogP contribution in [0, 0.1) is 0 Å². The average molecular weight is 226 g/mol. The number of carbonyl (C=O) groups excluding carboxylic acids is 1. The van der Waals surface area contributed by atoms with Crippen molar-refractivity contribution in [3.05, 3.63) is 11.6 Å². The van der Waals surface area contributed by atoms with Gasteiger partial charge in [0, 0.05) is 6.92 Å². The van der Waals surface area contributed by atoms with Gasteiger partial charge < -0.3 is 4.74 Å². The smallest absolute Gasteiger partial charge is 0.302 e. The number of unbranched alkanes of at least 4 members (excludes halogenated alkanes) is 4. The first kappa shape index (κ1) is 15.2. The van der Waals surface area contributed by atoms with Gasteiger partial charge in [0.1, 0.15) is 6.61 Å². The van der Waals surface area contributed by atoms with Crippen molar-refractivity contribution in [2.45, 2.75) is 65.7 Å². The van der Waals surface area contributed by atoms with Crippen LogP contribution in [0.3, 0.4) is 0 Å². The Bertz CT molecular complexity index is 207. The van der Waals surface area contributed by atoms with Crippen molar-refractivity contribution >= 4 is 5.97 Å². The van der Waals surface area contributed by atoms with Crippen LogP contribution in [0.25, 0.3) is 0 Å². The molecular formula is C14H26O2. The van der Waals surface area contributed by atoms with Crippen LogP contribution < -0.4 is 0 Å². The number of carbonyl (C=O) groups is 1. The van der Waals surface area contributed by atoms with Gasteiger partial charge in [-0.15, -0.1) is 0 Å². The lowest BCUT2D eigenvalue weighted by molar-refractivity contribution is -0.140. The van der Waals surface area contributed by atoms with Gasteiger partial charge in [-0.1, -0.05) is 45.6 Å². The van der Waals surface area contributed by atoms with Crippen LogP contribution in [-0.2, 0) is 9.53 Å². The maximum Gasteiger partial charge on any atom is 0.302 e. The number of hydrogen-bond donors (Lipinski definition) is 0. The molecule has 0 aliphatic carbocycles. The Morgan fingerprint density at radius 2 is 1.88 bits per heavy atom. The average Bonchev–Trinajstić information content (AvgIpc) is 2.25. The summed E-state index contributed by atoms with van der Waals surface area (Å²) in [6.07, 6.45) is 10.7. The Morgan fingerprint density at radius 1 is 1.12 bits per heavy atom. The maximum absolute atomic E-state index is 10.7. The summed E-state index contributed by atoms with van der Waals surface area (Å²) in [4.78, 5) is 10.7. The van der Waals surface area contributed by atoms with Crippen molar-refractivity contribution in [2.75, 3.05) is 6.61 Å². The zero-order valence-electron chi connectivity index (χ0n) is 11.1. The van der Waals surface area contributed by atoms with Crippen molar-refractivity contribution in [3.8, 4) is 0 Å². The van der Waals surface area contributed by atoms with Crippen LogP contribution in [-0.4, -0.2) is 12.6 Å². The first-order valence-corrected chi connectivity index (χ1v) is 6.52. The Morgan fingerprint density at radius 3 is 2.44 bits per heavy atom. The van der Waals surface area contributed by atoms with Gasteiger partial charge in [0.25, 0.3) is 0 Å². The molecule has 0 saturated heterocycles. The lowest BCUT2D eigenvalue weighted by atomic mass is 10.1. The van der Waals surface area contributed by atoms with Crippen LogP contribution in [0.1, 0.15) is 65.7 Å². The Kier molecular flexibility index (Phi) is 10.2. The fourth-order valence-electron chi connectivity index (χ4n) is 1.63. The summed E-state index contributed by atoms with van der Waals surface area (Å²) in [5.74, 6) is -0.187. The predicted molar refractivity (Wildman–Crippen MR) is 68.4 cm³/mol. The van der Waals surface area contributed by atoms with Crippen LogP contribution in [0.5, 0.6) is 0 Å². The molecule has 0 saturated carbocycles. The molecule has 0 aromatic rings. The third kappa shape index (κ3) is 9.75. The second-order valence-electron chi connectivity index (χ2n) is 4.24. The third-order valence-corrected chi connectivity index (χ3v) is 2.52. The summed E-state index contributed by atoms with van der Waals surface area (Å²) in [7, 11) is 0. The third-order valence-electron chi connectivity index (χ3n) is 2.52. The van der Waals surface area contributed by atoms with E-state index in [1.54, 1.807) is 0 Å². The van der Waals surface area contributed by atoms with E-state index < -0.39 is 0 Å². The normalized spacial score (nSPS) is 11.6. The monoisotopic (exact) mass is 226 g/mol. The predicted octanol–water partition coefficient (Wildman–Crippen LogP) is 4.25. The van der Waals surface area contributed by atoms with Gasteiger partial charge in [0.2, 0.25) is 0 Å². The summed E-state index contributed by atoms with van der Waals surface area (Å²) < 4.78 is 5.03. The van der Waals surface area contributed by atoms with Crippen LogP contribution in [0.2, 0.25) is 0 Å². The highest BCUT2D eigenvalue weighted by Gasteiger charge is 1.99. The minimum atomic E-state index is -0.187. The lowest BCUT2D eigenvalue weighted by Gasteiger charge is -2.06. The zero-order valence-corrected chi connectivity index (χ0v) is 11.1. The van der Waals surface area contributed by atoms with E-state index in [0.29, 0.717) is 6.61 Å². The lowest BCUT2D eigenvalue weighted by Crippen LogP contribution is -2.03. The van der Waals surface area contributed by atoms with Crippen LogP contribution >= 0.6 is 0 Å². The fraction of sp³-hybridized carbons (Fsp3) is 0.786. The molecule has 0 spiro atoms. The second-order valence-corrected chi connectivity index (χ2v) is 4.24. The van der Waals surface area contributed by atoms with E-state index in [1.165, 1.54) is 38.2 Å². The molecule has 0 fully saturated rings. The number of hydrogen-bond acceptors (Lipinski definition) is 2. The molecule has 0 radical (unpaired) electrons. The first-order chi connectivity index (χ1) is 7.70. The largest absolute Gasteiger partial charge is 0.461 e. The van der Waals surface area contributed by atoms with Crippen molar-refractivity contribution < 1.29 is 9.53 Å². The topological polar surface area (TPSA) is 26.3 Å². The SMILES string of the molecule is CCCCCCC=C(CCC)COC(C)=O. The van der Waals surface area contributed by atoms with Gasteiger partial charge in [-0.25, -0.2) is 0 Å². The first-order valence-electron chi connectivity index (χ1n) is 6.52. The molecule has 2 heteroatoms. The van der Waals surface area contributed by atoms with Crippen LogP contribution in [0.4, 0.5) is 0 Å². The van der Waals surface area contributed by atoms with Gasteiger partial charge in [-0.2, -0.15) is 0 Å². The van der Waals surface area contributed by atoms with Gasteiger partial charge >= 0.3 is 5.97 Å². The minimum absolute atomic E-state index is 0.187. The van der Waals surface area contributed by atoms with E-state index in [-0.39, 0.29) is 5.97 Å². The fourth-order valence-corrected chi connectivity index (χ4v) is 1.63. The minimum Gasteiger partial charge on any atom is -0.461 e. The summed E-state index contributed by atoms with van der Waals surface area (Å²) in [6.45, 7) is 6.32. The summed E-state index contributed by atoms with van der Waals surface area (Å²) in [5.41, 5.74) is 1.27. The molecule has 0 aliphatic heterocycles. The molecule has 0 heterocycles. The Balaban J connectivity index is 3.79. The summed E-state index contributed by atoms with van der Waals surface area (Å²) in [6, 6.07) is 0. The Hall–Kier alpha value is -0.790. The molecule has 0 aliphatic rings. The molecule has 0 amide bonds. The van der Waals surface area contributed by atoms with Gasteiger partial charge in [0.15, 0.2) is 0 Å². The molecule has 0 N–H and O–H groups in total. The van der Waals surface area contributed by atoms with E-state index in [2.05, 4.69) is 19.9 Å². The molecule has 16 heavy (non-hydrogen) atoms. The van der Waals surface area contributed by atoms with Crippen molar-refractivity contribution in [1.82, 2.24) is 0 Å². The van der Waals surface area contributed by atoms with Gasteiger partial charge in [-0.05, 0) is 24.8 Å². The second kappa shape index (κ2) is 10.7. The number of allylic oxidation sites excluding steroid dienone is 1. The van der Waals surface area contributed by atoms with Crippen molar-refractivity contribution in [2.24, 2.45) is 0 Å². The van der Waals surface area contributed by atoms with Gasteiger partial charge in [-0.3, -0.25) is 4.79 Å². The van der Waals surface area contributed by atoms with Crippen molar-refractivity contribution in [1.29, 1.82) is 0 Å². The summed E-state index contributed by atoms with van der Waals surface area (Å²) >= 11 is 0. The standard InChI is InChI=1S/C14H26O2/c1-4-6-7-8-9-11-14(10-5-2)12-16-13(3)15/h11H,4-10,12H2,1-3H3.